The lowest BCUT2D eigenvalue weighted by Crippen LogP contribution is -1.96. The van der Waals surface area contributed by atoms with Crippen molar-refractivity contribution >= 4 is 40.5 Å². The molecule has 0 spiro atoms. The van der Waals surface area contributed by atoms with Gasteiger partial charge in [-0.05, 0) is 24.3 Å². The summed E-state index contributed by atoms with van der Waals surface area (Å²) in [5.74, 6) is -0.940. The summed E-state index contributed by atoms with van der Waals surface area (Å²) in [6.45, 7) is 0. The Hall–Kier alpha value is -1.36. The number of benzene rings is 2. The summed E-state index contributed by atoms with van der Waals surface area (Å²) in [7, 11) is 0. The Labute approximate surface area is 122 Å². The molecule has 0 saturated carbocycles. The molecule has 0 aliphatic carbocycles. The maximum absolute atomic E-state index is 13.6. The van der Waals surface area contributed by atoms with E-state index < -0.39 is 16.4 Å². The predicted molar refractivity (Wildman–Crippen MR) is 73.5 cm³/mol. The number of nitro benzene ring substituents is 1. The first kappa shape index (κ1) is 14.1. The summed E-state index contributed by atoms with van der Waals surface area (Å²) in [6.07, 6.45) is 0. The van der Waals surface area contributed by atoms with Gasteiger partial charge in [0, 0.05) is 5.56 Å². The maximum Gasteiger partial charge on any atom is 0.312 e. The maximum atomic E-state index is 13.6. The lowest BCUT2D eigenvalue weighted by Gasteiger charge is -2.07. The van der Waals surface area contributed by atoms with Gasteiger partial charge in [0.05, 0.1) is 25.6 Å². The summed E-state index contributed by atoms with van der Waals surface area (Å²) < 4.78 is 13.6. The average Bonchev–Trinajstić information content (AvgIpc) is 2.33. The molecular formula is C12H5Cl3FNO2. The van der Waals surface area contributed by atoms with Crippen LogP contribution in [0.1, 0.15) is 0 Å². The van der Waals surface area contributed by atoms with Gasteiger partial charge < -0.3 is 0 Å². The number of halogens is 4. The highest BCUT2D eigenvalue weighted by atomic mass is 35.5. The van der Waals surface area contributed by atoms with E-state index in [-0.39, 0.29) is 26.2 Å². The van der Waals surface area contributed by atoms with E-state index in [0.29, 0.717) is 0 Å². The zero-order valence-corrected chi connectivity index (χ0v) is 11.4. The molecule has 0 aliphatic heterocycles. The second kappa shape index (κ2) is 5.33. The molecule has 0 amide bonds. The van der Waals surface area contributed by atoms with E-state index in [9.17, 15) is 14.5 Å². The van der Waals surface area contributed by atoms with Crippen molar-refractivity contribution in [3.63, 3.8) is 0 Å². The summed E-state index contributed by atoms with van der Waals surface area (Å²) in [5, 5.41) is 11.5. The topological polar surface area (TPSA) is 43.1 Å². The predicted octanol–water partition coefficient (Wildman–Crippen LogP) is 5.36. The van der Waals surface area contributed by atoms with Gasteiger partial charge in [-0.2, -0.15) is 4.39 Å². The van der Waals surface area contributed by atoms with Crippen molar-refractivity contribution in [2.75, 3.05) is 0 Å². The second-order valence-electron chi connectivity index (χ2n) is 3.64. The molecule has 19 heavy (non-hydrogen) atoms. The van der Waals surface area contributed by atoms with Gasteiger partial charge in [0.15, 0.2) is 0 Å². The number of hydrogen-bond acceptors (Lipinski definition) is 2. The third-order valence-electron chi connectivity index (χ3n) is 2.47. The average molecular weight is 321 g/mol. The lowest BCUT2D eigenvalue weighted by atomic mass is 10.0. The molecule has 0 bridgehead atoms. The number of rotatable bonds is 2. The van der Waals surface area contributed by atoms with Crippen LogP contribution in [0.3, 0.4) is 0 Å². The van der Waals surface area contributed by atoms with Gasteiger partial charge in [0.25, 0.3) is 0 Å². The second-order valence-corrected chi connectivity index (χ2v) is 4.86. The van der Waals surface area contributed by atoms with Crippen LogP contribution in [0.25, 0.3) is 11.1 Å². The molecule has 98 valence electrons. The van der Waals surface area contributed by atoms with Gasteiger partial charge in [-0.3, -0.25) is 10.1 Å². The molecule has 0 atom stereocenters. The molecule has 7 heteroatoms. The van der Waals surface area contributed by atoms with Gasteiger partial charge in [0.2, 0.25) is 5.82 Å². The van der Waals surface area contributed by atoms with Gasteiger partial charge in [-0.15, -0.1) is 0 Å². The molecule has 0 saturated heterocycles. The van der Waals surface area contributed by atoms with E-state index in [1.165, 1.54) is 24.3 Å². The Morgan fingerprint density at radius 2 is 1.63 bits per heavy atom. The summed E-state index contributed by atoms with van der Waals surface area (Å²) in [6, 6.07) is 6.49. The van der Waals surface area contributed by atoms with Crippen LogP contribution < -0.4 is 0 Å². The van der Waals surface area contributed by atoms with Crippen molar-refractivity contribution in [3.05, 3.63) is 61.3 Å². The van der Waals surface area contributed by atoms with Crippen LogP contribution in [0.5, 0.6) is 0 Å². The SMILES string of the molecule is O=[N+]([O-])c1c(F)cccc1-c1cc(Cl)c(Cl)cc1Cl. The summed E-state index contributed by atoms with van der Waals surface area (Å²) in [5.41, 5.74) is -0.348. The standard InChI is InChI=1S/C12H5Cl3FNO2/c13-8-5-10(15)9(14)4-7(8)6-2-1-3-11(16)12(6)17(18)19/h1-5H. The van der Waals surface area contributed by atoms with Crippen molar-refractivity contribution < 1.29 is 9.31 Å². The monoisotopic (exact) mass is 319 g/mol. The van der Waals surface area contributed by atoms with E-state index in [1.807, 2.05) is 0 Å². The number of nitro groups is 1. The van der Waals surface area contributed by atoms with E-state index in [1.54, 1.807) is 0 Å². The minimum atomic E-state index is -0.940. The molecule has 2 aromatic carbocycles. The Balaban J connectivity index is 2.76. The Bertz CT molecular complexity index is 676. The van der Waals surface area contributed by atoms with Crippen molar-refractivity contribution in [2.24, 2.45) is 0 Å². The molecule has 0 unspecified atom stereocenters. The molecule has 0 fully saturated rings. The third-order valence-corrected chi connectivity index (χ3v) is 3.50. The van der Waals surface area contributed by atoms with Crippen LogP contribution >= 0.6 is 34.8 Å². The zero-order chi connectivity index (χ0) is 14.2. The minimum Gasteiger partial charge on any atom is -0.258 e. The Morgan fingerprint density at radius 3 is 2.26 bits per heavy atom. The van der Waals surface area contributed by atoms with Gasteiger partial charge in [-0.1, -0.05) is 40.9 Å². The Morgan fingerprint density at radius 1 is 1.00 bits per heavy atom. The van der Waals surface area contributed by atoms with E-state index >= 15 is 0 Å². The highest BCUT2D eigenvalue weighted by Crippen LogP contribution is 2.39. The first-order chi connectivity index (χ1) is 8.91. The smallest absolute Gasteiger partial charge is 0.258 e. The molecule has 2 rings (SSSR count). The molecule has 0 heterocycles. The van der Waals surface area contributed by atoms with E-state index in [0.717, 1.165) is 6.07 Å². The Kier molecular flexibility index (Phi) is 3.94. The lowest BCUT2D eigenvalue weighted by molar-refractivity contribution is -0.386. The van der Waals surface area contributed by atoms with Crippen molar-refractivity contribution in [2.45, 2.75) is 0 Å². The molecular weight excluding hydrogens is 315 g/mol. The van der Waals surface area contributed by atoms with Crippen LogP contribution in [0.2, 0.25) is 15.1 Å². The van der Waals surface area contributed by atoms with Gasteiger partial charge in [0.1, 0.15) is 0 Å². The molecule has 0 N–H and O–H groups in total. The molecule has 0 aromatic heterocycles. The van der Waals surface area contributed by atoms with Crippen molar-refractivity contribution in [1.29, 1.82) is 0 Å². The van der Waals surface area contributed by atoms with Crippen LogP contribution in [0.4, 0.5) is 10.1 Å². The fourth-order valence-corrected chi connectivity index (χ4v) is 2.30. The van der Waals surface area contributed by atoms with Crippen LogP contribution in [-0.2, 0) is 0 Å². The summed E-state index contributed by atoms with van der Waals surface area (Å²) >= 11 is 17.6. The van der Waals surface area contributed by atoms with E-state index in [4.69, 9.17) is 34.8 Å². The largest absolute Gasteiger partial charge is 0.312 e. The fourth-order valence-electron chi connectivity index (χ4n) is 1.65. The number of para-hydroxylation sites is 1. The van der Waals surface area contributed by atoms with Gasteiger partial charge >= 0.3 is 5.69 Å². The number of nitrogens with zero attached hydrogens (tertiary/aromatic N) is 1. The van der Waals surface area contributed by atoms with Crippen LogP contribution in [0.15, 0.2) is 30.3 Å². The van der Waals surface area contributed by atoms with Crippen molar-refractivity contribution in [3.8, 4) is 11.1 Å². The van der Waals surface area contributed by atoms with E-state index in [2.05, 4.69) is 0 Å². The highest BCUT2D eigenvalue weighted by Gasteiger charge is 2.23. The van der Waals surface area contributed by atoms with Crippen molar-refractivity contribution in [1.82, 2.24) is 0 Å². The normalized spacial score (nSPS) is 10.5. The molecule has 3 nitrogen and oxygen atoms in total. The van der Waals surface area contributed by atoms with Crippen LogP contribution in [-0.4, -0.2) is 4.92 Å². The molecule has 0 aliphatic rings. The highest BCUT2D eigenvalue weighted by molar-refractivity contribution is 6.44. The summed E-state index contributed by atoms with van der Waals surface area (Å²) in [4.78, 5) is 10.1. The van der Waals surface area contributed by atoms with Crippen LogP contribution in [0, 0.1) is 15.9 Å². The first-order valence-electron chi connectivity index (χ1n) is 4.99. The zero-order valence-electron chi connectivity index (χ0n) is 9.16. The molecule has 2 aromatic rings. The minimum absolute atomic E-state index is 0.0496. The number of hydrogen-bond donors (Lipinski definition) is 0. The fraction of sp³-hybridized carbons (Fsp3) is 0. The first-order valence-corrected chi connectivity index (χ1v) is 6.13. The van der Waals surface area contributed by atoms with Gasteiger partial charge in [-0.25, -0.2) is 0 Å². The quantitative estimate of drug-likeness (QED) is 0.424. The molecule has 0 radical (unpaired) electrons. The third kappa shape index (κ3) is 2.66.